The molecule has 4 N–H and O–H groups in total. The van der Waals surface area contributed by atoms with Crippen LogP contribution in [-0.4, -0.2) is 74.9 Å². The summed E-state index contributed by atoms with van der Waals surface area (Å²) in [6.07, 6.45) is -0.848. The first-order valence-electron chi connectivity index (χ1n) is 11.8. The van der Waals surface area contributed by atoms with Gasteiger partial charge in [-0.05, 0) is 29.8 Å². The average Bonchev–Trinajstić information content (AvgIpc) is 3.08. The second kappa shape index (κ2) is 9.47. The number of amides is 3. The van der Waals surface area contributed by atoms with Gasteiger partial charge in [-0.3, -0.25) is 24.6 Å². The van der Waals surface area contributed by atoms with Crippen molar-refractivity contribution >= 4 is 17.7 Å². The van der Waals surface area contributed by atoms with Gasteiger partial charge in [-0.2, -0.15) is 0 Å². The summed E-state index contributed by atoms with van der Waals surface area (Å²) < 4.78 is 25.7. The van der Waals surface area contributed by atoms with E-state index >= 15 is 0 Å². The number of morpholine rings is 1. The molecule has 2 saturated heterocycles. The van der Waals surface area contributed by atoms with Crippen LogP contribution in [0, 0.1) is 5.82 Å². The Hall–Kier alpha value is -3.42. The van der Waals surface area contributed by atoms with E-state index in [1.165, 1.54) is 24.3 Å². The summed E-state index contributed by atoms with van der Waals surface area (Å²) in [5.74, 6) is -6.77. The maximum atomic E-state index is 14.6. The average molecular weight is 515 g/mol. The minimum absolute atomic E-state index is 0.146. The first-order valence-corrected chi connectivity index (χ1v) is 11.8. The number of fused-ring (bicyclic) bond motifs is 1. The summed E-state index contributed by atoms with van der Waals surface area (Å²) in [6, 6.07) is 8.73. The van der Waals surface area contributed by atoms with Gasteiger partial charge in [0, 0.05) is 38.0 Å². The zero-order chi connectivity index (χ0) is 26.4. The molecule has 0 saturated carbocycles. The van der Waals surface area contributed by atoms with Gasteiger partial charge in [0.05, 0.1) is 24.3 Å². The van der Waals surface area contributed by atoms with Crippen molar-refractivity contribution in [1.82, 2.24) is 15.1 Å². The summed E-state index contributed by atoms with van der Waals surface area (Å²) in [5, 5.41) is 34.9. The summed E-state index contributed by atoms with van der Waals surface area (Å²) in [5.41, 5.74) is -2.23. The number of carbonyl (C=O) groups excluding carboxylic acids is 3. The number of carbonyl (C=O) groups is 3. The zero-order valence-corrected chi connectivity index (χ0v) is 19.8. The number of piperidine rings is 1. The molecule has 12 heteroatoms. The number of halogens is 1. The van der Waals surface area contributed by atoms with E-state index < -0.39 is 47.2 Å². The van der Waals surface area contributed by atoms with Gasteiger partial charge in [0.2, 0.25) is 11.6 Å². The lowest BCUT2D eigenvalue weighted by Crippen LogP contribution is -2.67. The van der Waals surface area contributed by atoms with E-state index in [0.717, 1.165) is 18.7 Å². The van der Waals surface area contributed by atoms with Crippen molar-refractivity contribution in [2.24, 2.45) is 0 Å². The monoisotopic (exact) mass is 515 g/mol. The molecule has 0 spiro atoms. The molecule has 2 aromatic carbocycles. The molecule has 37 heavy (non-hydrogen) atoms. The SMILES string of the molecule is O=C1CCC(O)(N2C(=O)c3cccc(OCc4cc(CN5CCOCC5)ccc4F)c3C2(O)O)C(=O)N1. The fourth-order valence-corrected chi connectivity index (χ4v) is 4.89. The maximum Gasteiger partial charge on any atom is 0.284 e. The van der Waals surface area contributed by atoms with Gasteiger partial charge in [-0.25, -0.2) is 9.29 Å². The number of ether oxygens (including phenoxy) is 2. The van der Waals surface area contributed by atoms with Gasteiger partial charge in [0.25, 0.3) is 17.7 Å². The van der Waals surface area contributed by atoms with Crippen LogP contribution in [0.1, 0.15) is 39.9 Å². The maximum absolute atomic E-state index is 14.6. The first kappa shape index (κ1) is 25.2. The molecule has 0 aliphatic carbocycles. The molecule has 0 bridgehead atoms. The predicted molar refractivity (Wildman–Crippen MR) is 123 cm³/mol. The topological polar surface area (TPSA) is 149 Å². The van der Waals surface area contributed by atoms with Crippen molar-refractivity contribution < 1.29 is 43.6 Å². The largest absolute Gasteiger partial charge is 0.488 e. The molecule has 3 heterocycles. The van der Waals surface area contributed by atoms with Crippen LogP contribution in [0.15, 0.2) is 36.4 Å². The minimum atomic E-state index is -3.15. The molecule has 1 atom stereocenters. The molecular formula is C25H26FN3O8. The number of imide groups is 1. The lowest BCUT2D eigenvalue weighted by atomic mass is 9.99. The summed E-state index contributed by atoms with van der Waals surface area (Å²) >= 11 is 0. The molecular weight excluding hydrogens is 489 g/mol. The fourth-order valence-electron chi connectivity index (χ4n) is 4.89. The Bertz CT molecular complexity index is 1260. The van der Waals surface area contributed by atoms with Crippen LogP contribution in [0.5, 0.6) is 5.75 Å². The highest BCUT2D eigenvalue weighted by atomic mass is 19.1. The smallest absolute Gasteiger partial charge is 0.284 e. The summed E-state index contributed by atoms with van der Waals surface area (Å²) in [4.78, 5) is 39.5. The highest BCUT2D eigenvalue weighted by molar-refractivity contribution is 6.07. The number of aliphatic hydroxyl groups is 3. The van der Waals surface area contributed by atoms with Crippen molar-refractivity contribution in [2.45, 2.75) is 37.6 Å². The third-order valence-corrected chi connectivity index (χ3v) is 6.80. The third kappa shape index (κ3) is 4.47. The Morgan fingerprint density at radius 3 is 2.57 bits per heavy atom. The predicted octanol–water partition coefficient (Wildman–Crippen LogP) is -0.0872. The van der Waals surface area contributed by atoms with Crippen molar-refractivity contribution in [2.75, 3.05) is 26.3 Å². The molecule has 2 aromatic rings. The number of rotatable bonds is 6. The minimum Gasteiger partial charge on any atom is -0.488 e. The van der Waals surface area contributed by atoms with Gasteiger partial charge in [0.1, 0.15) is 18.2 Å². The molecule has 3 aliphatic rings. The summed E-state index contributed by atoms with van der Waals surface area (Å²) in [6.45, 7) is 3.09. The second-order valence-electron chi connectivity index (χ2n) is 9.25. The van der Waals surface area contributed by atoms with E-state index in [0.29, 0.717) is 19.8 Å². The van der Waals surface area contributed by atoms with Crippen LogP contribution in [0.4, 0.5) is 4.39 Å². The number of benzene rings is 2. The van der Waals surface area contributed by atoms with Crippen LogP contribution in [0.25, 0.3) is 0 Å². The molecule has 11 nitrogen and oxygen atoms in total. The number of nitrogens with one attached hydrogen (secondary N) is 1. The van der Waals surface area contributed by atoms with Crippen LogP contribution in [0.2, 0.25) is 0 Å². The van der Waals surface area contributed by atoms with Gasteiger partial charge in [-0.15, -0.1) is 0 Å². The van der Waals surface area contributed by atoms with Gasteiger partial charge in [-0.1, -0.05) is 12.1 Å². The van der Waals surface area contributed by atoms with E-state index in [4.69, 9.17) is 9.47 Å². The van der Waals surface area contributed by atoms with E-state index in [1.54, 1.807) is 12.1 Å². The Balaban J connectivity index is 1.39. The summed E-state index contributed by atoms with van der Waals surface area (Å²) in [7, 11) is 0. The Kier molecular flexibility index (Phi) is 6.46. The van der Waals surface area contributed by atoms with Crippen LogP contribution >= 0.6 is 0 Å². The van der Waals surface area contributed by atoms with Crippen molar-refractivity contribution in [1.29, 1.82) is 0 Å². The molecule has 3 aliphatic heterocycles. The van der Waals surface area contributed by atoms with Crippen LogP contribution < -0.4 is 10.1 Å². The van der Waals surface area contributed by atoms with E-state index in [1.807, 2.05) is 5.32 Å². The van der Waals surface area contributed by atoms with Crippen molar-refractivity contribution in [3.8, 4) is 5.75 Å². The van der Waals surface area contributed by atoms with Crippen molar-refractivity contribution in [3.63, 3.8) is 0 Å². The van der Waals surface area contributed by atoms with Gasteiger partial charge >= 0.3 is 0 Å². The van der Waals surface area contributed by atoms with E-state index in [9.17, 15) is 34.1 Å². The van der Waals surface area contributed by atoms with Crippen LogP contribution in [-0.2, 0) is 33.4 Å². The molecule has 196 valence electrons. The highest BCUT2D eigenvalue weighted by Crippen LogP contribution is 2.45. The zero-order valence-electron chi connectivity index (χ0n) is 19.8. The van der Waals surface area contributed by atoms with Gasteiger partial charge < -0.3 is 24.8 Å². The Morgan fingerprint density at radius 1 is 1.08 bits per heavy atom. The second-order valence-corrected chi connectivity index (χ2v) is 9.25. The Labute approximate surface area is 211 Å². The molecule has 0 aromatic heterocycles. The fraction of sp³-hybridized carbons (Fsp3) is 0.400. The standard InChI is InChI=1S/C25H26FN3O8/c26-18-5-4-15(13-28-8-10-36-11-9-28)12-16(18)14-37-19-3-1-2-17-21(19)25(34,35)29(22(17)31)24(33)7-6-20(30)27-23(24)32/h1-5,12,33-35H,6-11,13-14H2,(H,27,30,32). The van der Waals surface area contributed by atoms with E-state index in [2.05, 4.69) is 4.90 Å². The quantitative estimate of drug-likeness (QED) is 0.306. The lowest BCUT2D eigenvalue weighted by molar-refractivity contribution is -0.303. The molecule has 5 rings (SSSR count). The first-order chi connectivity index (χ1) is 17.6. The molecule has 2 fully saturated rings. The molecule has 3 amide bonds. The van der Waals surface area contributed by atoms with E-state index in [-0.39, 0.29) is 34.8 Å². The molecule has 1 unspecified atom stereocenters. The van der Waals surface area contributed by atoms with Crippen molar-refractivity contribution in [3.05, 3.63) is 64.5 Å². The Morgan fingerprint density at radius 2 is 1.84 bits per heavy atom. The number of hydrogen-bond donors (Lipinski definition) is 4. The number of hydrogen-bond acceptors (Lipinski definition) is 9. The third-order valence-electron chi connectivity index (χ3n) is 6.80. The lowest BCUT2D eigenvalue weighted by Gasteiger charge is -2.42. The molecule has 0 radical (unpaired) electrons. The van der Waals surface area contributed by atoms with Crippen LogP contribution in [0.3, 0.4) is 0 Å². The number of nitrogens with zero attached hydrogens (tertiary/aromatic N) is 2. The van der Waals surface area contributed by atoms with Gasteiger partial charge in [0.15, 0.2) is 0 Å². The highest BCUT2D eigenvalue weighted by Gasteiger charge is 2.62. The normalized spacial score (nSPS) is 23.7.